The number of aromatic nitrogens is 2. The molecule has 86 valence electrons. The summed E-state index contributed by atoms with van der Waals surface area (Å²) >= 11 is 1.68. The molecule has 0 saturated carbocycles. The molecule has 3 nitrogen and oxygen atoms in total. The number of methoxy groups -OCH3 is 1. The standard InChI is InChI=1S/C13H12N2OS/c1-16-11-2-3-13-10(6-11)4-5-15(13)8-12-7-14-9-17-12/h2-7,9H,8H2,1H3. The molecule has 1 aromatic carbocycles. The molecule has 4 heteroatoms. The van der Waals surface area contributed by atoms with Gasteiger partial charge >= 0.3 is 0 Å². The first kappa shape index (κ1) is 10.4. The van der Waals surface area contributed by atoms with Gasteiger partial charge in [-0.1, -0.05) is 0 Å². The van der Waals surface area contributed by atoms with E-state index in [0.29, 0.717) is 0 Å². The summed E-state index contributed by atoms with van der Waals surface area (Å²) in [5.41, 5.74) is 3.09. The summed E-state index contributed by atoms with van der Waals surface area (Å²) in [5, 5.41) is 1.20. The largest absolute Gasteiger partial charge is 0.497 e. The van der Waals surface area contributed by atoms with Gasteiger partial charge in [0.05, 0.1) is 19.2 Å². The van der Waals surface area contributed by atoms with Gasteiger partial charge in [0.1, 0.15) is 5.75 Å². The Hall–Kier alpha value is -1.81. The van der Waals surface area contributed by atoms with Crippen LogP contribution < -0.4 is 4.74 Å². The lowest BCUT2D eigenvalue weighted by Gasteiger charge is -2.04. The number of benzene rings is 1. The first-order valence-electron chi connectivity index (χ1n) is 5.37. The quantitative estimate of drug-likeness (QED) is 0.707. The first-order valence-corrected chi connectivity index (χ1v) is 6.25. The Kier molecular flexibility index (Phi) is 2.57. The summed E-state index contributed by atoms with van der Waals surface area (Å²) in [4.78, 5) is 5.36. The van der Waals surface area contributed by atoms with E-state index in [4.69, 9.17) is 4.74 Å². The molecule has 0 spiro atoms. The van der Waals surface area contributed by atoms with Crippen LogP contribution in [-0.4, -0.2) is 16.7 Å². The summed E-state index contributed by atoms with van der Waals surface area (Å²) in [7, 11) is 1.69. The molecule has 0 saturated heterocycles. The predicted molar refractivity (Wildman–Crippen MR) is 69.7 cm³/mol. The molecule has 17 heavy (non-hydrogen) atoms. The highest BCUT2D eigenvalue weighted by molar-refractivity contribution is 7.09. The third-order valence-electron chi connectivity index (χ3n) is 2.79. The van der Waals surface area contributed by atoms with Crippen LogP contribution in [0, 0.1) is 0 Å². The van der Waals surface area contributed by atoms with E-state index in [-0.39, 0.29) is 0 Å². The zero-order chi connectivity index (χ0) is 11.7. The maximum absolute atomic E-state index is 5.22. The van der Waals surface area contributed by atoms with Crippen LogP contribution in [-0.2, 0) is 6.54 Å². The van der Waals surface area contributed by atoms with Crippen LogP contribution in [0.1, 0.15) is 4.88 Å². The number of hydrogen-bond acceptors (Lipinski definition) is 3. The summed E-state index contributed by atoms with van der Waals surface area (Å²) in [5.74, 6) is 0.896. The van der Waals surface area contributed by atoms with Gasteiger partial charge in [0, 0.05) is 28.2 Å². The van der Waals surface area contributed by atoms with Crippen LogP contribution in [0.15, 0.2) is 42.2 Å². The lowest BCUT2D eigenvalue weighted by Crippen LogP contribution is -1.95. The van der Waals surface area contributed by atoms with Crippen LogP contribution >= 0.6 is 11.3 Å². The third kappa shape index (κ3) is 1.91. The van der Waals surface area contributed by atoms with Crippen LogP contribution in [0.25, 0.3) is 10.9 Å². The van der Waals surface area contributed by atoms with Crippen molar-refractivity contribution in [1.29, 1.82) is 0 Å². The molecule has 0 atom stereocenters. The Balaban J connectivity index is 2.00. The molecule has 0 aliphatic carbocycles. The topological polar surface area (TPSA) is 27.1 Å². The maximum atomic E-state index is 5.22. The van der Waals surface area contributed by atoms with E-state index in [1.165, 1.54) is 15.8 Å². The highest BCUT2D eigenvalue weighted by Crippen LogP contribution is 2.23. The van der Waals surface area contributed by atoms with Crippen LogP contribution in [0.2, 0.25) is 0 Å². The Bertz CT molecular complexity index is 628. The fourth-order valence-corrected chi connectivity index (χ4v) is 2.52. The normalized spacial score (nSPS) is 10.9. The van der Waals surface area contributed by atoms with Crippen LogP contribution in [0.5, 0.6) is 5.75 Å². The molecule has 3 rings (SSSR count). The Morgan fingerprint density at radius 3 is 3.06 bits per heavy atom. The molecular formula is C13H12N2OS. The number of hydrogen-bond donors (Lipinski definition) is 0. The zero-order valence-electron chi connectivity index (χ0n) is 9.46. The van der Waals surface area contributed by atoms with E-state index in [1.807, 2.05) is 17.8 Å². The summed E-state index contributed by atoms with van der Waals surface area (Å²) in [6.45, 7) is 0.875. The number of thiazole rings is 1. The molecule has 3 aromatic rings. The Morgan fingerprint density at radius 2 is 2.29 bits per heavy atom. The van der Waals surface area contributed by atoms with Crippen molar-refractivity contribution in [2.24, 2.45) is 0 Å². The molecule has 0 N–H and O–H groups in total. The summed E-state index contributed by atoms with van der Waals surface area (Å²) < 4.78 is 7.44. The van der Waals surface area contributed by atoms with Crippen molar-refractivity contribution in [3.05, 3.63) is 47.0 Å². The van der Waals surface area contributed by atoms with Crippen molar-refractivity contribution >= 4 is 22.2 Å². The van der Waals surface area contributed by atoms with Crippen molar-refractivity contribution in [3.8, 4) is 5.75 Å². The highest BCUT2D eigenvalue weighted by Gasteiger charge is 2.03. The molecule has 0 radical (unpaired) electrons. The SMILES string of the molecule is COc1ccc2c(ccn2Cc2cncs2)c1. The molecule has 0 aliphatic rings. The first-order chi connectivity index (χ1) is 8.36. The van der Waals surface area contributed by atoms with Gasteiger partial charge in [0.25, 0.3) is 0 Å². The van der Waals surface area contributed by atoms with Gasteiger partial charge in [-0.25, -0.2) is 0 Å². The molecule has 0 amide bonds. The number of fused-ring (bicyclic) bond motifs is 1. The van der Waals surface area contributed by atoms with E-state index < -0.39 is 0 Å². The van der Waals surface area contributed by atoms with Crippen molar-refractivity contribution in [1.82, 2.24) is 9.55 Å². The average Bonchev–Trinajstić information content (AvgIpc) is 2.99. The second kappa shape index (κ2) is 4.22. The predicted octanol–water partition coefficient (Wildman–Crippen LogP) is 3.15. The van der Waals surface area contributed by atoms with Crippen LogP contribution in [0.4, 0.5) is 0 Å². The molecule has 2 heterocycles. The van der Waals surface area contributed by atoms with Crippen molar-refractivity contribution in [2.45, 2.75) is 6.54 Å². The number of rotatable bonds is 3. The van der Waals surface area contributed by atoms with E-state index in [1.54, 1.807) is 18.4 Å². The smallest absolute Gasteiger partial charge is 0.119 e. The molecule has 0 fully saturated rings. The minimum absolute atomic E-state index is 0.875. The molecule has 0 aliphatic heterocycles. The van der Waals surface area contributed by atoms with Crippen LogP contribution in [0.3, 0.4) is 0 Å². The summed E-state index contributed by atoms with van der Waals surface area (Å²) in [6, 6.07) is 8.25. The second-order valence-corrected chi connectivity index (χ2v) is 4.81. The monoisotopic (exact) mass is 244 g/mol. The van der Waals surface area contributed by atoms with E-state index in [9.17, 15) is 0 Å². The lowest BCUT2D eigenvalue weighted by molar-refractivity contribution is 0.415. The number of nitrogens with zero attached hydrogens (tertiary/aromatic N) is 2. The summed E-state index contributed by atoms with van der Waals surface area (Å²) in [6.07, 6.45) is 4.02. The van der Waals surface area contributed by atoms with Gasteiger partial charge in [0.2, 0.25) is 0 Å². The highest BCUT2D eigenvalue weighted by atomic mass is 32.1. The maximum Gasteiger partial charge on any atom is 0.119 e. The second-order valence-electron chi connectivity index (χ2n) is 3.84. The third-order valence-corrected chi connectivity index (χ3v) is 3.55. The molecule has 0 bridgehead atoms. The van der Waals surface area contributed by atoms with Gasteiger partial charge in [-0.15, -0.1) is 11.3 Å². The fraction of sp³-hybridized carbons (Fsp3) is 0.154. The minimum Gasteiger partial charge on any atom is -0.497 e. The molecule has 2 aromatic heterocycles. The van der Waals surface area contributed by atoms with E-state index >= 15 is 0 Å². The van der Waals surface area contributed by atoms with Crippen molar-refractivity contribution in [3.63, 3.8) is 0 Å². The van der Waals surface area contributed by atoms with Crippen molar-refractivity contribution in [2.75, 3.05) is 7.11 Å². The van der Waals surface area contributed by atoms with Gasteiger partial charge in [0.15, 0.2) is 0 Å². The van der Waals surface area contributed by atoms with Gasteiger partial charge in [-0.3, -0.25) is 4.98 Å². The van der Waals surface area contributed by atoms with Gasteiger partial charge < -0.3 is 9.30 Å². The van der Waals surface area contributed by atoms with E-state index in [0.717, 1.165) is 12.3 Å². The Labute approximate surface area is 103 Å². The van der Waals surface area contributed by atoms with E-state index in [2.05, 4.69) is 33.9 Å². The zero-order valence-corrected chi connectivity index (χ0v) is 10.3. The molecule has 0 unspecified atom stereocenters. The lowest BCUT2D eigenvalue weighted by atomic mass is 10.2. The molecular weight excluding hydrogens is 232 g/mol. The average molecular weight is 244 g/mol. The Morgan fingerprint density at radius 1 is 1.35 bits per heavy atom. The fourth-order valence-electron chi connectivity index (χ4n) is 1.93. The van der Waals surface area contributed by atoms with Gasteiger partial charge in [-0.05, 0) is 24.3 Å². The van der Waals surface area contributed by atoms with Gasteiger partial charge in [-0.2, -0.15) is 0 Å². The van der Waals surface area contributed by atoms with Crippen molar-refractivity contribution < 1.29 is 4.74 Å². The minimum atomic E-state index is 0.875. The number of ether oxygens (including phenoxy) is 1.